The summed E-state index contributed by atoms with van der Waals surface area (Å²) in [6, 6.07) is 1.54. The standard InChI is InChI=1S/C22H29F2N5O4S/c1-13-9-17(24)14(10-16(13)23)12-33-20-18(19(25)31)21(34-28-20)27-22(32)26-6-2-3-7-29-8-4-5-15(30)11-29/h9-10,15,30H,2-8,11-12H2,1H3,(H2,25,31)(H2,26,27,32). The van der Waals surface area contributed by atoms with E-state index in [1.807, 2.05) is 0 Å². The van der Waals surface area contributed by atoms with Crippen molar-refractivity contribution in [3.8, 4) is 5.88 Å². The number of hydrogen-bond donors (Lipinski definition) is 4. The molecule has 1 saturated heterocycles. The Morgan fingerprint density at radius 2 is 2.12 bits per heavy atom. The van der Waals surface area contributed by atoms with Crippen molar-refractivity contribution in [1.82, 2.24) is 14.6 Å². The van der Waals surface area contributed by atoms with Gasteiger partial charge in [0.2, 0.25) is 5.88 Å². The largest absolute Gasteiger partial charge is 0.471 e. The summed E-state index contributed by atoms with van der Waals surface area (Å²) >= 11 is 0.794. The van der Waals surface area contributed by atoms with Crippen LogP contribution < -0.4 is 21.1 Å². The quantitative estimate of drug-likeness (QED) is 0.374. The van der Waals surface area contributed by atoms with E-state index in [0.29, 0.717) is 13.1 Å². The summed E-state index contributed by atoms with van der Waals surface area (Å²) < 4.78 is 37.1. The number of aromatic nitrogens is 1. The Morgan fingerprint density at radius 3 is 2.85 bits per heavy atom. The Labute approximate surface area is 200 Å². The lowest BCUT2D eigenvalue weighted by atomic mass is 10.1. The zero-order valence-corrected chi connectivity index (χ0v) is 19.7. The fraction of sp³-hybridized carbons (Fsp3) is 0.500. The van der Waals surface area contributed by atoms with Crippen LogP contribution in [0, 0.1) is 18.6 Å². The number of likely N-dealkylation sites (tertiary alicyclic amines) is 1. The molecule has 1 atom stereocenters. The molecule has 3 rings (SSSR count). The van der Waals surface area contributed by atoms with E-state index >= 15 is 0 Å². The maximum atomic E-state index is 14.0. The SMILES string of the molecule is Cc1cc(F)c(COc2nsc(NC(=O)NCCCCN3CCCC(O)C3)c2C(N)=O)cc1F. The predicted octanol–water partition coefficient (Wildman–Crippen LogP) is 2.77. The molecule has 34 heavy (non-hydrogen) atoms. The highest BCUT2D eigenvalue weighted by molar-refractivity contribution is 7.11. The second-order valence-electron chi connectivity index (χ2n) is 8.22. The molecule has 2 heterocycles. The summed E-state index contributed by atoms with van der Waals surface area (Å²) in [4.78, 5) is 26.4. The smallest absolute Gasteiger partial charge is 0.319 e. The van der Waals surface area contributed by atoms with Gasteiger partial charge < -0.3 is 25.8 Å². The summed E-state index contributed by atoms with van der Waals surface area (Å²) in [6.07, 6.45) is 3.19. The number of primary amides is 1. The number of aliphatic hydroxyl groups excluding tert-OH is 1. The molecular formula is C22H29F2N5O4S. The third-order valence-electron chi connectivity index (χ3n) is 5.49. The summed E-state index contributed by atoms with van der Waals surface area (Å²) in [5, 5.41) is 15.0. The van der Waals surface area contributed by atoms with Gasteiger partial charge in [0.15, 0.2) is 0 Å². The molecule has 5 N–H and O–H groups in total. The van der Waals surface area contributed by atoms with Gasteiger partial charge in [-0.2, -0.15) is 4.37 Å². The van der Waals surface area contributed by atoms with Crippen LogP contribution in [0.2, 0.25) is 0 Å². The molecule has 1 aromatic heterocycles. The molecule has 3 amide bonds. The fourth-order valence-corrected chi connectivity index (χ4v) is 4.40. The molecule has 0 radical (unpaired) electrons. The number of aryl methyl sites for hydroxylation is 1. The number of amides is 3. The number of carbonyl (C=O) groups excluding carboxylic acids is 2. The van der Waals surface area contributed by atoms with Gasteiger partial charge in [-0.05, 0) is 74.9 Å². The number of anilines is 1. The van der Waals surface area contributed by atoms with Gasteiger partial charge in [-0.3, -0.25) is 10.1 Å². The lowest BCUT2D eigenvalue weighted by molar-refractivity contribution is 0.0699. The molecule has 0 bridgehead atoms. The molecule has 1 unspecified atom stereocenters. The van der Waals surface area contributed by atoms with Gasteiger partial charge in [-0.15, -0.1) is 0 Å². The molecule has 1 aliphatic rings. The van der Waals surface area contributed by atoms with Gasteiger partial charge in [-0.1, -0.05) is 0 Å². The number of carbonyl (C=O) groups is 2. The number of aliphatic hydroxyl groups is 1. The van der Waals surface area contributed by atoms with Crippen molar-refractivity contribution in [2.45, 2.75) is 45.3 Å². The number of nitrogens with zero attached hydrogens (tertiary/aromatic N) is 2. The summed E-state index contributed by atoms with van der Waals surface area (Å²) in [6.45, 7) is 4.01. The average molecular weight is 498 g/mol. The third kappa shape index (κ3) is 7.08. The van der Waals surface area contributed by atoms with Crippen LogP contribution in [0.1, 0.15) is 47.2 Å². The Morgan fingerprint density at radius 1 is 1.32 bits per heavy atom. The van der Waals surface area contributed by atoms with Crippen LogP contribution in [0.15, 0.2) is 12.1 Å². The number of piperidine rings is 1. The van der Waals surface area contributed by atoms with Crippen molar-refractivity contribution in [2.24, 2.45) is 5.73 Å². The number of unbranched alkanes of at least 4 members (excludes halogenated alkanes) is 1. The van der Waals surface area contributed by atoms with Crippen molar-refractivity contribution in [3.63, 3.8) is 0 Å². The van der Waals surface area contributed by atoms with Gasteiger partial charge in [0.1, 0.15) is 28.8 Å². The second-order valence-corrected chi connectivity index (χ2v) is 9.00. The minimum absolute atomic E-state index is 0.0437. The Hall–Kier alpha value is -2.83. The highest BCUT2D eigenvalue weighted by Crippen LogP contribution is 2.31. The molecule has 1 aliphatic heterocycles. The van der Waals surface area contributed by atoms with Gasteiger partial charge in [0.25, 0.3) is 5.91 Å². The van der Waals surface area contributed by atoms with E-state index in [4.69, 9.17) is 10.5 Å². The van der Waals surface area contributed by atoms with E-state index in [9.17, 15) is 23.5 Å². The van der Waals surface area contributed by atoms with Gasteiger partial charge in [0.05, 0.1) is 6.10 Å². The molecule has 0 spiro atoms. The summed E-state index contributed by atoms with van der Waals surface area (Å²) in [5.41, 5.74) is 5.40. The number of rotatable bonds is 10. The number of nitrogens with two attached hydrogens (primary N) is 1. The van der Waals surface area contributed by atoms with Gasteiger partial charge in [0, 0.05) is 18.7 Å². The normalized spacial score (nSPS) is 16.3. The molecule has 0 aliphatic carbocycles. The number of benzene rings is 1. The van der Waals surface area contributed by atoms with Crippen molar-refractivity contribution in [2.75, 3.05) is 31.5 Å². The van der Waals surface area contributed by atoms with E-state index in [2.05, 4.69) is 19.9 Å². The second kappa shape index (κ2) is 12.0. The highest BCUT2D eigenvalue weighted by atomic mass is 32.1. The van der Waals surface area contributed by atoms with Crippen LogP contribution in [0.25, 0.3) is 0 Å². The molecule has 9 nitrogen and oxygen atoms in total. The average Bonchev–Trinajstić information content (AvgIpc) is 3.17. The number of halogens is 2. The van der Waals surface area contributed by atoms with Crippen LogP contribution in [0.4, 0.5) is 18.6 Å². The van der Waals surface area contributed by atoms with Gasteiger partial charge in [-0.25, -0.2) is 13.6 Å². The maximum absolute atomic E-state index is 14.0. The highest BCUT2D eigenvalue weighted by Gasteiger charge is 2.22. The van der Waals surface area contributed by atoms with Crippen molar-refractivity contribution in [1.29, 1.82) is 0 Å². The zero-order valence-electron chi connectivity index (χ0n) is 18.9. The molecule has 12 heteroatoms. The number of hydrogen-bond acceptors (Lipinski definition) is 7. The number of ether oxygens (including phenoxy) is 1. The summed E-state index contributed by atoms with van der Waals surface area (Å²) in [7, 11) is 0. The Bertz CT molecular complexity index is 1020. The Balaban J connectivity index is 1.48. The molecule has 1 fully saturated rings. The monoisotopic (exact) mass is 497 g/mol. The van der Waals surface area contributed by atoms with Crippen molar-refractivity contribution < 1.29 is 28.2 Å². The third-order valence-corrected chi connectivity index (χ3v) is 6.24. The van der Waals surface area contributed by atoms with Crippen molar-refractivity contribution >= 4 is 28.5 Å². The van der Waals surface area contributed by atoms with E-state index < -0.39 is 23.6 Å². The van der Waals surface area contributed by atoms with Crippen LogP contribution in [-0.2, 0) is 6.61 Å². The molecular weight excluding hydrogens is 468 g/mol. The minimum Gasteiger partial charge on any atom is -0.471 e. The predicted molar refractivity (Wildman–Crippen MR) is 124 cm³/mol. The fourth-order valence-electron chi connectivity index (χ4n) is 3.66. The minimum atomic E-state index is -0.877. The molecule has 1 aromatic carbocycles. The van der Waals surface area contributed by atoms with E-state index in [0.717, 1.165) is 62.4 Å². The summed E-state index contributed by atoms with van der Waals surface area (Å²) in [5.74, 6) is -2.28. The molecule has 186 valence electrons. The topological polar surface area (TPSA) is 130 Å². The lowest BCUT2D eigenvalue weighted by Crippen LogP contribution is -2.39. The number of β-amino-alcohol motifs (C(OH)–C–C–N with tert-alkyl or cyclic N) is 1. The molecule has 0 saturated carbocycles. The van der Waals surface area contributed by atoms with Crippen LogP contribution in [0.3, 0.4) is 0 Å². The molecule has 2 aromatic rings. The van der Waals surface area contributed by atoms with E-state index in [1.54, 1.807) is 0 Å². The zero-order chi connectivity index (χ0) is 24.7. The van der Waals surface area contributed by atoms with E-state index in [-0.39, 0.29) is 40.3 Å². The number of urea groups is 1. The van der Waals surface area contributed by atoms with Crippen LogP contribution >= 0.6 is 11.5 Å². The van der Waals surface area contributed by atoms with Crippen LogP contribution in [0.5, 0.6) is 5.88 Å². The lowest BCUT2D eigenvalue weighted by Gasteiger charge is -2.29. The maximum Gasteiger partial charge on any atom is 0.319 e. The van der Waals surface area contributed by atoms with E-state index in [1.165, 1.54) is 6.92 Å². The Kier molecular flexibility index (Phi) is 9.13. The van der Waals surface area contributed by atoms with Crippen molar-refractivity contribution in [3.05, 3.63) is 40.5 Å². The number of nitrogens with one attached hydrogen (secondary N) is 2. The first-order valence-electron chi connectivity index (χ1n) is 11.1. The van der Waals surface area contributed by atoms with Crippen LogP contribution in [-0.4, -0.2) is 58.6 Å². The first-order valence-corrected chi connectivity index (χ1v) is 11.8. The first kappa shape index (κ1) is 25.8. The first-order chi connectivity index (χ1) is 16.2. The van der Waals surface area contributed by atoms with Gasteiger partial charge >= 0.3 is 6.03 Å².